The van der Waals surface area contributed by atoms with Crippen LogP contribution in [0.2, 0.25) is 5.02 Å². The van der Waals surface area contributed by atoms with Crippen molar-refractivity contribution >= 4 is 17.5 Å². The van der Waals surface area contributed by atoms with Gasteiger partial charge in [0.15, 0.2) is 0 Å². The van der Waals surface area contributed by atoms with Crippen LogP contribution >= 0.6 is 11.6 Å². The van der Waals surface area contributed by atoms with Crippen LogP contribution in [0.1, 0.15) is 74.5 Å². The highest BCUT2D eigenvalue weighted by Gasteiger charge is 2.46. The molecule has 0 spiro atoms. The lowest BCUT2D eigenvalue weighted by molar-refractivity contribution is -0.126. The van der Waals surface area contributed by atoms with Crippen molar-refractivity contribution < 1.29 is 35.1 Å². The summed E-state index contributed by atoms with van der Waals surface area (Å²) in [4.78, 5) is 17.0. The number of benzene rings is 2. The average molecular weight is 668 g/mol. The minimum Gasteiger partial charge on any atom is -0.490 e. The number of halogens is 1. The van der Waals surface area contributed by atoms with Gasteiger partial charge < -0.3 is 40.9 Å². The first-order valence-corrected chi connectivity index (χ1v) is 16.8. The number of rotatable bonds is 18. The van der Waals surface area contributed by atoms with E-state index in [0.29, 0.717) is 30.5 Å². The number of hydrogen-bond donors (Lipinski definition) is 7. The molecule has 254 valence electrons. The summed E-state index contributed by atoms with van der Waals surface area (Å²) in [5, 5.41) is 55.2. The number of amides is 1. The number of nitrogens with one attached hydrogen (secondary N) is 2. The summed E-state index contributed by atoms with van der Waals surface area (Å²) in [6.45, 7) is 1.28. The van der Waals surface area contributed by atoms with Gasteiger partial charge in [-0.25, -0.2) is 0 Å². The van der Waals surface area contributed by atoms with Crippen molar-refractivity contribution in [3.8, 4) is 16.9 Å². The number of ether oxygens (including phenoxy) is 1. The number of pyridine rings is 1. The zero-order chi connectivity index (χ0) is 33.6. The van der Waals surface area contributed by atoms with Gasteiger partial charge in [0.2, 0.25) is 5.91 Å². The molecule has 2 fully saturated rings. The van der Waals surface area contributed by atoms with Gasteiger partial charge in [0.25, 0.3) is 0 Å². The predicted molar refractivity (Wildman–Crippen MR) is 179 cm³/mol. The Morgan fingerprint density at radius 2 is 1.81 bits per heavy atom. The molecule has 5 rings (SSSR count). The van der Waals surface area contributed by atoms with E-state index in [1.165, 1.54) is 0 Å². The molecule has 1 heterocycles. The summed E-state index contributed by atoms with van der Waals surface area (Å²) in [7, 11) is 0. The number of carbonyl (C=O) groups excluding carboxylic acids is 1. The number of nitrogens with zero attached hydrogens (tertiary/aromatic N) is 1. The van der Waals surface area contributed by atoms with Crippen LogP contribution in [0, 0.1) is 0 Å². The van der Waals surface area contributed by atoms with Crippen LogP contribution in [0.3, 0.4) is 0 Å². The van der Waals surface area contributed by atoms with Crippen LogP contribution in [-0.4, -0.2) is 80.1 Å². The van der Waals surface area contributed by atoms with E-state index in [9.17, 15) is 25.2 Å². The van der Waals surface area contributed by atoms with Gasteiger partial charge in [-0.2, -0.15) is 0 Å². The summed E-state index contributed by atoms with van der Waals surface area (Å²) in [6.07, 6.45) is 4.74. The summed E-state index contributed by atoms with van der Waals surface area (Å²) >= 11 is 6.67. The van der Waals surface area contributed by atoms with Crippen molar-refractivity contribution in [2.75, 3.05) is 13.2 Å². The lowest BCUT2D eigenvalue weighted by atomic mass is 9.93. The maximum Gasteiger partial charge on any atom is 0.220 e. The molecular formula is C36H46ClN3O7. The van der Waals surface area contributed by atoms with E-state index in [2.05, 4.69) is 40.7 Å². The van der Waals surface area contributed by atoms with Gasteiger partial charge in [-0.3, -0.25) is 9.78 Å². The summed E-state index contributed by atoms with van der Waals surface area (Å²) in [5.41, 5.74) is 5.24. The van der Waals surface area contributed by atoms with E-state index in [1.807, 2.05) is 42.7 Å². The highest BCUT2D eigenvalue weighted by atomic mass is 35.5. The molecule has 0 aliphatic heterocycles. The normalized spacial score (nSPS) is 18.5. The van der Waals surface area contributed by atoms with E-state index in [4.69, 9.17) is 21.4 Å². The van der Waals surface area contributed by atoms with E-state index >= 15 is 0 Å². The molecule has 11 heteroatoms. The number of aromatic nitrogens is 1. The number of para-hydroxylation sites is 1. The Hall–Kier alpha value is -3.09. The molecule has 7 N–H and O–H groups in total. The molecular weight excluding hydrogens is 622 g/mol. The lowest BCUT2D eigenvalue weighted by Crippen LogP contribution is -2.54. The van der Waals surface area contributed by atoms with Gasteiger partial charge in [0.05, 0.1) is 25.4 Å². The highest BCUT2D eigenvalue weighted by molar-refractivity contribution is 6.31. The maximum atomic E-state index is 12.5. The van der Waals surface area contributed by atoms with Gasteiger partial charge in [-0.05, 0) is 84.9 Å². The van der Waals surface area contributed by atoms with E-state index in [1.54, 1.807) is 0 Å². The minimum atomic E-state index is -1.71. The molecule has 10 nitrogen and oxygen atoms in total. The average Bonchev–Trinajstić information content (AvgIpc) is 4.03. The van der Waals surface area contributed by atoms with E-state index in [-0.39, 0.29) is 17.9 Å². The number of carbonyl (C=O) groups is 1. The fourth-order valence-electron chi connectivity index (χ4n) is 5.96. The van der Waals surface area contributed by atoms with E-state index in [0.717, 1.165) is 59.3 Å². The highest BCUT2D eigenvalue weighted by Crippen LogP contribution is 2.50. The minimum absolute atomic E-state index is 0.141. The van der Waals surface area contributed by atoms with Crippen molar-refractivity contribution in [3.63, 3.8) is 0 Å². The van der Waals surface area contributed by atoms with Crippen LogP contribution < -0.4 is 15.4 Å². The lowest BCUT2D eigenvalue weighted by Gasteiger charge is -2.28. The number of aliphatic hydroxyl groups is 5. The third-order valence-electron chi connectivity index (χ3n) is 9.27. The predicted octanol–water partition coefficient (Wildman–Crippen LogP) is 3.55. The number of hydrogen-bond acceptors (Lipinski definition) is 9. The molecule has 0 radical (unpaired) electrons. The Labute approximate surface area is 280 Å². The second-order valence-electron chi connectivity index (χ2n) is 12.9. The second kappa shape index (κ2) is 15.9. The van der Waals surface area contributed by atoms with Crippen molar-refractivity contribution in [2.45, 2.75) is 100 Å². The monoisotopic (exact) mass is 667 g/mol. The summed E-state index contributed by atoms with van der Waals surface area (Å²) in [5.74, 6) is 0.651. The molecule has 5 atom stereocenters. The van der Waals surface area contributed by atoms with Crippen molar-refractivity contribution in [1.82, 2.24) is 15.6 Å². The van der Waals surface area contributed by atoms with Crippen molar-refractivity contribution in [2.24, 2.45) is 0 Å². The molecule has 0 bridgehead atoms. The van der Waals surface area contributed by atoms with Crippen molar-refractivity contribution in [3.05, 3.63) is 82.6 Å². The maximum absolute atomic E-state index is 12.5. The van der Waals surface area contributed by atoms with Crippen LogP contribution in [0.5, 0.6) is 5.75 Å². The third-order valence-corrected chi connectivity index (χ3v) is 9.63. The smallest absolute Gasteiger partial charge is 0.220 e. The molecule has 3 aromatic rings. The standard InChI is InChI=1S/C36H46ClN3O7/c1-22(5-4-8-33(44)40-30(20-41)34(45)35(46)31(43)21-42)23-9-12-29(37)24(17-23)18-39-36(14-15-36)28-19-38-16-13-26(28)27-6-2-3-7-32(27)47-25-10-11-25/h2-3,6-7,9,12-13,16-17,19,22,25,30-31,34-35,39,41-43,45-46H,4-5,8,10-11,14-15,18,20-21H2,1H3,(H,40,44)/t22?,30-,31+,34+,35+/m0/s1. The Morgan fingerprint density at radius 1 is 1.04 bits per heavy atom. The topological polar surface area (TPSA) is 164 Å². The van der Waals surface area contributed by atoms with E-state index < -0.39 is 43.5 Å². The summed E-state index contributed by atoms with van der Waals surface area (Å²) in [6, 6.07) is 15.1. The SMILES string of the molecule is CC(CCCC(=O)N[C@@H](CO)[C@@H](O)[C@H](O)[C@H](O)CO)c1ccc(Cl)c(CNC2(c3cnccc3-c3ccccc3OC3CC3)CC2)c1. The molecule has 47 heavy (non-hydrogen) atoms. The second-order valence-corrected chi connectivity index (χ2v) is 13.3. The Morgan fingerprint density at radius 3 is 2.51 bits per heavy atom. The quantitative estimate of drug-likeness (QED) is 0.107. The Kier molecular flexibility index (Phi) is 11.9. The molecule has 2 saturated carbocycles. The molecule has 0 saturated heterocycles. The molecule has 1 amide bonds. The van der Waals surface area contributed by atoms with Crippen LogP contribution in [0.4, 0.5) is 0 Å². The molecule has 2 aromatic carbocycles. The van der Waals surface area contributed by atoms with Crippen LogP contribution in [-0.2, 0) is 16.9 Å². The first-order valence-electron chi connectivity index (χ1n) is 16.4. The Balaban J connectivity index is 1.18. The molecule has 1 unspecified atom stereocenters. The fourth-order valence-corrected chi connectivity index (χ4v) is 6.15. The molecule has 1 aromatic heterocycles. The Bertz CT molecular complexity index is 1500. The van der Waals surface area contributed by atoms with Crippen molar-refractivity contribution in [1.29, 1.82) is 0 Å². The first kappa shape index (κ1) is 35.2. The zero-order valence-corrected chi connectivity index (χ0v) is 27.4. The van der Waals surface area contributed by atoms with Gasteiger partial charge in [-0.1, -0.05) is 48.9 Å². The van der Waals surface area contributed by atoms with Crippen LogP contribution in [0.15, 0.2) is 60.9 Å². The van der Waals surface area contributed by atoms with Gasteiger partial charge in [-0.15, -0.1) is 0 Å². The largest absolute Gasteiger partial charge is 0.490 e. The van der Waals surface area contributed by atoms with Crippen LogP contribution in [0.25, 0.3) is 11.1 Å². The van der Waals surface area contributed by atoms with Gasteiger partial charge in [0.1, 0.15) is 24.1 Å². The molecule has 2 aliphatic rings. The first-order chi connectivity index (χ1) is 22.7. The van der Waals surface area contributed by atoms with Gasteiger partial charge >= 0.3 is 0 Å². The fraction of sp³-hybridized carbons (Fsp3) is 0.500. The third kappa shape index (κ3) is 8.88. The number of aliphatic hydroxyl groups excluding tert-OH is 5. The zero-order valence-electron chi connectivity index (χ0n) is 26.7. The summed E-state index contributed by atoms with van der Waals surface area (Å²) < 4.78 is 6.25. The molecule has 2 aliphatic carbocycles. The van der Waals surface area contributed by atoms with Gasteiger partial charge in [0, 0.05) is 41.5 Å².